The summed E-state index contributed by atoms with van der Waals surface area (Å²) < 4.78 is 26.0. The van der Waals surface area contributed by atoms with E-state index in [9.17, 15) is 8.76 Å². The predicted molar refractivity (Wildman–Crippen MR) is 70.8 cm³/mol. The lowest BCUT2D eigenvalue weighted by atomic mass is 10.1. The van der Waals surface area contributed by atoms with Gasteiger partial charge < -0.3 is 14.2 Å². The Labute approximate surface area is 108 Å². The highest BCUT2D eigenvalue weighted by Crippen LogP contribution is 2.31. The van der Waals surface area contributed by atoms with Crippen molar-refractivity contribution in [2.75, 3.05) is 19.5 Å². The van der Waals surface area contributed by atoms with Crippen LogP contribution in [0.1, 0.15) is 0 Å². The zero-order valence-electron chi connectivity index (χ0n) is 10.0. The quantitative estimate of drug-likeness (QED) is 0.675. The molecular weight excluding hydrogens is 252 g/mol. The molecule has 2 aromatic carbocycles. The van der Waals surface area contributed by atoms with Crippen LogP contribution in [0.15, 0.2) is 36.4 Å². The number of nitrogens with one attached hydrogen (secondary N) is 1. The van der Waals surface area contributed by atoms with Crippen molar-refractivity contribution in [1.29, 1.82) is 0 Å². The molecule has 0 bridgehead atoms. The van der Waals surface area contributed by atoms with Gasteiger partial charge in [-0.2, -0.15) is 0 Å². The van der Waals surface area contributed by atoms with Gasteiger partial charge in [0.05, 0.1) is 5.69 Å². The van der Waals surface area contributed by atoms with E-state index in [1.165, 1.54) is 0 Å². The van der Waals surface area contributed by atoms with Crippen molar-refractivity contribution < 1.29 is 12.9 Å². The minimum absolute atomic E-state index is 0.322. The van der Waals surface area contributed by atoms with Gasteiger partial charge in [-0.15, -0.1) is 0 Å². The zero-order valence-corrected chi connectivity index (χ0v) is 10.9. The average molecular weight is 265 g/mol. The number of nitrogens with zero attached hydrogens (tertiary/aromatic N) is 1. The second-order valence-corrected chi connectivity index (χ2v) is 4.53. The third kappa shape index (κ3) is 2.79. The van der Waals surface area contributed by atoms with Crippen LogP contribution in [-0.2, 0) is 11.4 Å². The van der Waals surface area contributed by atoms with Gasteiger partial charge in [-0.25, -0.2) is 9.22 Å². The van der Waals surface area contributed by atoms with Crippen LogP contribution in [0.5, 0.6) is 5.75 Å². The molecule has 0 aliphatic heterocycles. The molecule has 0 amide bonds. The normalized spacial score (nSPS) is 12.7. The Morgan fingerprint density at radius 3 is 2.50 bits per heavy atom. The van der Waals surface area contributed by atoms with E-state index in [0.717, 1.165) is 16.5 Å². The van der Waals surface area contributed by atoms with Gasteiger partial charge in [0, 0.05) is 24.9 Å². The molecule has 5 nitrogen and oxygen atoms in total. The van der Waals surface area contributed by atoms with Gasteiger partial charge in [-0.1, -0.05) is 24.3 Å². The van der Waals surface area contributed by atoms with Crippen LogP contribution in [-0.4, -0.2) is 27.9 Å². The molecule has 6 heteroatoms. The third-order valence-corrected chi connectivity index (χ3v) is 2.70. The van der Waals surface area contributed by atoms with Gasteiger partial charge in [0.15, 0.2) is 0 Å². The number of anilines is 1. The summed E-state index contributed by atoms with van der Waals surface area (Å²) in [5, 5.41) is 3.45. The van der Waals surface area contributed by atoms with Crippen LogP contribution in [0, 0.1) is 0 Å². The van der Waals surface area contributed by atoms with Gasteiger partial charge >= 0.3 is 0 Å². The van der Waals surface area contributed by atoms with Crippen LogP contribution < -0.4 is 9.61 Å². The molecule has 0 aromatic heterocycles. The number of hydrogen-bond acceptors (Lipinski definition) is 5. The maximum Gasteiger partial charge on any atom is 0.147 e. The van der Waals surface area contributed by atoms with E-state index < -0.39 is 11.4 Å². The Morgan fingerprint density at radius 2 is 1.83 bits per heavy atom. The minimum atomic E-state index is -2.57. The summed E-state index contributed by atoms with van der Waals surface area (Å²) in [6, 6.07) is 10.9. The van der Waals surface area contributed by atoms with Gasteiger partial charge in [-0.05, 0) is 12.1 Å². The molecule has 0 aliphatic carbocycles. The fraction of sp³-hybridized carbons (Fsp3) is 0.167. The van der Waals surface area contributed by atoms with Crippen molar-refractivity contribution >= 4 is 27.8 Å². The van der Waals surface area contributed by atoms with Crippen LogP contribution in [0.4, 0.5) is 5.69 Å². The number of fused-ring (bicyclic) bond motifs is 1. The molecule has 0 heterocycles. The minimum Gasteiger partial charge on any atom is -0.740 e. The monoisotopic (exact) mass is 265 g/mol. The topological polar surface area (TPSA) is 64.6 Å². The molecule has 0 aliphatic rings. The predicted octanol–water partition coefficient (Wildman–Crippen LogP) is 1.90. The fourth-order valence-corrected chi connectivity index (χ4v) is 2.06. The Balaban J connectivity index is 2.54. The Kier molecular flexibility index (Phi) is 3.81. The van der Waals surface area contributed by atoms with E-state index in [4.69, 9.17) is 4.18 Å². The SMILES string of the molecule is CN(C)Nc1cccc2c(OS(=O)[O-])cccc12. The number of hydrazine groups is 1. The smallest absolute Gasteiger partial charge is 0.147 e. The van der Waals surface area contributed by atoms with E-state index in [1.54, 1.807) is 12.1 Å². The first-order chi connectivity index (χ1) is 8.58. The summed E-state index contributed by atoms with van der Waals surface area (Å²) in [5.74, 6) is 0.322. The lowest BCUT2D eigenvalue weighted by Gasteiger charge is -2.17. The maximum absolute atomic E-state index is 10.6. The van der Waals surface area contributed by atoms with Crippen LogP contribution in [0.2, 0.25) is 0 Å². The van der Waals surface area contributed by atoms with E-state index in [-0.39, 0.29) is 0 Å². The van der Waals surface area contributed by atoms with E-state index in [2.05, 4.69) is 5.43 Å². The van der Waals surface area contributed by atoms with Gasteiger partial charge in [0.25, 0.3) is 0 Å². The molecule has 0 fully saturated rings. The van der Waals surface area contributed by atoms with Crippen molar-refractivity contribution in [2.45, 2.75) is 0 Å². The third-order valence-electron chi connectivity index (χ3n) is 2.38. The van der Waals surface area contributed by atoms with Crippen LogP contribution in [0.25, 0.3) is 10.8 Å². The molecule has 1 N–H and O–H groups in total. The maximum atomic E-state index is 10.6. The number of benzene rings is 2. The van der Waals surface area contributed by atoms with E-state index in [0.29, 0.717) is 5.75 Å². The first kappa shape index (κ1) is 12.8. The summed E-state index contributed by atoms with van der Waals surface area (Å²) in [7, 11) is 3.76. The average Bonchev–Trinajstić information content (AvgIpc) is 2.29. The molecule has 2 rings (SSSR count). The molecule has 0 radical (unpaired) electrons. The second kappa shape index (κ2) is 5.34. The van der Waals surface area contributed by atoms with Crippen molar-refractivity contribution in [1.82, 2.24) is 5.01 Å². The second-order valence-electron chi connectivity index (χ2n) is 3.95. The van der Waals surface area contributed by atoms with Crippen molar-refractivity contribution in [3.8, 4) is 5.75 Å². The molecule has 0 spiro atoms. The Bertz CT molecular complexity index is 587. The molecular formula is C12H13N2O3S-. The first-order valence-electron chi connectivity index (χ1n) is 5.31. The highest BCUT2D eigenvalue weighted by molar-refractivity contribution is 7.74. The molecule has 96 valence electrons. The molecule has 2 aromatic rings. The molecule has 18 heavy (non-hydrogen) atoms. The zero-order chi connectivity index (χ0) is 13.1. The summed E-state index contributed by atoms with van der Waals surface area (Å²) in [6.07, 6.45) is 0. The number of hydrogen-bond donors (Lipinski definition) is 1. The highest BCUT2D eigenvalue weighted by atomic mass is 32.2. The Hall–Kier alpha value is -1.63. The summed E-state index contributed by atoms with van der Waals surface area (Å²) in [5.41, 5.74) is 4.04. The van der Waals surface area contributed by atoms with E-state index in [1.807, 2.05) is 43.4 Å². The molecule has 1 atom stereocenters. The number of rotatable bonds is 4. The molecule has 0 saturated carbocycles. The van der Waals surface area contributed by atoms with Gasteiger partial charge in [0.2, 0.25) is 0 Å². The van der Waals surface area contributed by atoms with Crippen molar-refractivity contribution in [2.24, 2.45) is 0 Å². The van der Waals surface area contributed by atoms with E-state index >= 15 is 0 Å². The van der Waals surface area contributed by atoms with Crippen molar-refractivity contribution in [3.05, 3.63) is 36.4 Å². The lowest BCUT2D eigenvalue weighted by molar-refractivity contribution is 0.442. The standard InChI is InChI=1S/C12H14N2O3S/c1-14(2)13-11-7-3-6-10-9(11)5-4-8-12(10)17-18(15)16/h3-8,13H,1-2H3,(H,15,16)/p-1. The summed E-state index contributed by atoms with van der Waals surface area (Å²) in [4.78, 5) is 0. The lowest BCUT2D eigenvalue weighted by Crippen LogP contribution is -2.19. The van der Waals surface area contributed by atoms with Crippen molar-refractivity contribution in [3.63, 3.8) is 0 Å². The highest BCUT2D eigenvalue weighted by Gasteiger charge is 2.06. The largest absolute Gasteiger partial charge is 0.740 e. The molecule has 1 unspecified atom stereocenters. The summed E-state index contributed by atoms with van der Waals surface area (Å²) in [6.45, 7) is 0. The summed E-state index contributed by atoms with van der Waals surface area (Å²) >= 11 is -2.57. The van der Waals surface area contributed by atoms with Crippen LogP contribution in [0.3, 0.4) is 0 Å². The fourth-order valence-electron chi connectivity index (χ4n) is 1.77. The van der Waals surface area contributed by atoms with Gasteiger partial charge in [0.1, 0.15) is 17.1 Å². The van der Waals surface area contributed by atoms with Crippen LogP contribution >= 0.6 is 0 Å². The van der Waals surface area contributed by atoms with Gasteiger partial charge in [-0.3, -0.25) is 0 Å². The Morgan fingerprint density at radius 1 is 1.17 bits per heavy atom. The first-order valence-corrected chi connectivity index (χ1v) is 6.31. The molecule has 0 saturated heterocycles.